The van der Waals surface area contributed by atoms with Gasteiger partial charge in [-0.25, -0.2) is 0 Å². The average Bonchev–Trinajstić information content (AvgIpc) is 2.34. The minimum absolute atomic E-state index is 0.495. The highest BCUT2D eigenvalue weighted by atomic mass is 16.5. The first-order valence-corrected chi connectivity index (χ1v) is 5.22. The van der Waals surface area contributed by atoms with E-state index < -0.39 is 0 Å². The van der Waals surface area contributed by atoms with Crippen molar-refractivity contribution in [3.63, 3.8) is 0 Å². The first kappa shape index (κ1) is 11.3. The summed E-state index contributed by atoms with van der Waals surface area (Å²) < 4.78 is 11.0. The first-order chi connectivity index (χ1) is 8.20. The molecule has 0 aliphatic carbocycles. The van der Waals surface area contributed by atoms with E-state index in [4.69, 9.17) is 15.2 Å². The van der Waals surface area contributed by atoms with Crippen LogP contribution in [0.5, 0.6) is 17.2 Å². The molecule has 4 heteroatoms. The lowest BCUT2D eigenvalue weighted by atomic mass is 10.2. The molecule has 0 spiro atoms. The van der Waals surface area contributed by atoms with Crippen molar-refractivity contribution >= 4 is 5.69 Å². The Hall–Kier alpha value is -2.23. The molecule has 1 aromatic carbocycles. The highest BCUT2D eigenvalue weighted by molar-refractivity contribution is 5.53. The van der Waals surface area contributed by atoms with E-state index in [1.807, 2.05) is 25.1 Å². The second kappa shape index (κ2) is 4.74. The van der Waals surface area contributed by atoms with E-state index in [9.17, 15) is 0 Å². The summed E-state index contributed by atoms with van der Waals surface area (Å²) in [6, 6.07) is 7.44. The van der Waals surface area contributed by atoms with Crippen LogP contribution in [0.3, 0.4) is 0 Å². The molecule has 0 bridgehead atoms. The molecule has 0 fully saturated rings. The first-order valence-electron chi connectivity index (χ1n) is 5.22. The lowest BCUT2D eigenvalue weighted by molar-refractivity contribution is 0.379. The zero-order chi connectivity index (χ0) is 12.3. The van der Waals surface area contributed by atoms with Crippen molar-refractivity contribution in [3.8, 4) is 17.2 Å². The molecule has 1 heterocycles. The fourth-order valence-electron chi connectivity index (χ4n) is 1.46. The van der Waals surface area contributed by atoms with Crippen molar-refractivity contribution in [2.45, 2.75) is 6.92 Å². The Kier molecular flexibility index (Phi) is 3.14. The van der Waals surface area contributed by atoms with E-state index in [-0.39, 0.29) is 0 Å². The minimum atomic E-state index is 0.495. The molecular formula is C13H14N2O2. The molecule has 0 amide bonds. The number of aryl methyl sites for hydroxylation is 1. The maximum absolute atomic E-state index is 5.76. The van der Waals surface area contributed by atoms with Gasteiger partial charge in [-0.05, 0) is 24.6 Å². The molecular weight excluding hydrogens is 216 g/mol. The Morgan fingerprint density at radius 2 is 1.94 bits per heavy atom. The number of nitrogens with zero attached hydrogens (tertiary/aromatic N) is 1. The SMILES string of the molecule is COc1cc(C)ccc1Oc1ccncc1N. The Balaban J connectivity index is 2.33. The van der Waals surface area contributed by atoms with E-state index in [0.29, 0.717) is 22.9 Å². The van der Waals surface area contributed by atoms with Gasteiger partial charge in [0.15, 0.2) is 17.2 Å². The monoisotopic (exact) mass is 230 g/mol. The highest BCUT2D eigenvalue weighted by Gasteiger charge is 2.07. The Bertz CT molecular complexity index is 527. The molecule has 0 atom stereocenters. The van der Waals surface area contributed by atoms with Crippen LogP contribution >= 0.6 is 0 Å². The van der Waals surface area contributed by atoms with Crippen LogP contribution < -0.4 is 15.2 Å². The quantitative estimate of drug-likeness (QED) is 0.880. The number of benzene rings is 1. The molecule has 88 valence electrons. The van der Waals surface area contributed by atoms with Crippen LogP contribution in [-0.4, -0.2) is 12.1 Å². The summed E-state index contributed by atoms with van der Waals surface area (Å²) in [5, 5.41) is 0. The van der Waals surface area contributed by atoms with Gasteiger partial charge in [-0.3, -0.25) is 4.98 Å². The molecule has 4 nitrogen and oxygen atoms in total. The summed E-state index contributed by atoms with van der Waals surface area (Å²) in [5.74, 6) is 1.89. The summed E-state index contributed by atoms with van der Waals surface area (Å²) in [7, 11) is 1.61. The van der Waals surface area contributed by atoms with Gasteiger partial charge in [-0.1, -0.05) is 6.07 Å². The highest BCUT2D eigenvalue weighted by Crippen LogP contribution is 2.34. The fraction of sp³-hybridized carbons (Fsp3) is 0.154. The summed E-state index contributed by atoms with van der Waals surface area (Å²) >= 11 is 0. The molecule has 17 heavy (non-hydrogen) atoms. The van der Waals surface area contributed by atoms with E-state index >= 15 is 0 Å². The van der Waals surface area contributed by atoms with Crippen LogP contribution in [0.4, 0.5) is 5.69 Å². The molecule has 0 aliphatic heterocycles. The normalized spacial score (nSPS) is 10.0. The number of ether oxygens (including phenoxy) is 2. The number of rotatable bonds is 3. The second-order valence-electron chi connectivity index (χ2n) is 3.67. The van der Waals surface area contributed by atoms with Crippen LogP contribution in [0, 0.1) is 6.92 Å². The number of anilines is 1. The van der Waals surface area contributed by atoms with Gasteiger partial charge in [0.1, 0.15) is 0 Å². The van der Waals surface area contributed by atoms with Crippen LogP contribution in [0.1, 0.15) is 5.56 Å². The van der Waals surface area contributed by atoms with Crippen molar-refractivity contribution in [3.05, 3.63) is 42.2 Å². The van der Waals surface area contributed by atoms with E-state index in [1.165, 1.54) is 0 Å². The number of aromatic nitrogens is 1. The predicted octanol–water partition coefficient (Wildman–Crippen LogP) is 2.77. The third kappa shape index (κ3) is 2.47. The van der Waals surface area contributed by atoms with Gasteiger partial charge in [0.05, 0.1) is 19.0 Å². The maximum Gasteiger partial charge on any atom is 0.169 e. The van der Waals surface area contributed by atoms with Crippen LogP contribution in [0.15, 0.2) is 36.7 Å². The molecule has 0 aliphatic rings. The summed E-state index contributed by atoms with van der Waals surface area (Å²) in [6.07, 6.45) is 3.18. The fourth-order valence-corrected chi connectivity index (χ4v) is 1.46. The predicted molar refractivity (Wildman–Crippen MR) is 66.5 cm³/mol. The Labute approximate surface area is 100 Å². The molecule has 0 radical (unpaired) electrons. The summed E-state index contributed by atoms with van der Waals surface area (Å²) in [4.78, 5) is 3.91. The molecule has 2 N–H and O–H groups in total. The molecule has 0 saturated carbocycles. The number of methoxy groups -OCH3 is 1. The average molecular weight is 230 g/mol. The summed E-state index contributed by atoms with van der Waals surface area (Å²) in [5.41, 5.74) is 7.37. The van der Waals surface area contributed by atoms with Gasteiger partial charge < -0.3 is 15.2 Å². The van der Waals surface area contributed by atoms with Crippen LogP contribution in [0.25, 0.3) is 0 Å². The molecule has 0 unspecified atom stereocenters. The molecule has 2 rings (SSSR count). The number of hydrogen-bond donors (Lipinski definition) is 1. The van der Waals surface area contributed by atoms with Gasteiger partial charge in [-0.2, -0.15) is 0 Å². The van der Waals surface area contributed by atoms with Gasteiger partial charge in [0.2, 0.25) is 0 Å². The van der Waals surface area contributed by atoms with Crippen LogP contribution in [-0.2, 0) is 0 Å². The zero-order valence-electron chi connectivity index (χ0n) is 9.81. The largest absolute Gasteiger partial charge is 0.493 e. The standard InChI is InChI=1S/C13H14N2O2/c1-9-3-4-12(13(7-9)16-2)17-11-5-6-15-8-10(11)14/h3-8H,14H2,1-2H3. The number of pyridine rings is 1. The maximum atomic E-state index is 5.76. The lowest BCUT2D eigenvalue weighted by Gasteiger charge is -2.11. The van der Waals surface area contributed by atoms with Gasteiger partial charge in [0.25, 0.3) is 0 Å². The third-order valence-electron chi connectivity index (χ3n) is 2.35. The van der Waals surface area contributed by atoms with Gasteiger partial charge >= 0.3 is 0 Å². The number of hydrogen-bond acceptors (Lipinski definition) is 4. The lowest BCUT2D eigenvalue weighted by Crippen LogP contribution is -1.95. The third-order valence-corrected chi connectivity index (χ3v) is 2.35. The smallest absolute Gasteiger partial charge is 0.169 e. The summed E-state index contributed by atoms with van der Waals surface area (Å²) in [6.45, 7) is 1.99. The van der Waals surface area contributed by atoms with Crippen molar-refractivity contribution in [1.29, 1.82) is 0 Å². The van der Waals surface area contributed by atoms with Crippen molar-refractivity contribution in [2.75, 3.05) is 12.8 Å². The minimum Gasteiger partial charge on any atom is -0.493 e. The van der Waals surface area contributed by atoms with E-state index in [2.05, 4.69) is 4.98 Å². The van der Waals surface area contributed by atoms with Crippen molar-refractivity contribution < 1.29 is 9.47 Å². The zero-order valence-corrected chi connectivity index (χ0v) is 9.81. The molecule has 2 aromatic rings. The Morgan fingerprint density at radius 1 is 1.12 bits per heavy atom. The Morgan fingerprint density at radius 3 is 2.65 bits per heavy atom. The van der Waals surface area contributed by atoms with E-state index in [1.54, 1.807) is 25.6 Å². The molecule has 0 saturated heterocycles. The van der Waals surface area contributed by atoms with Crippen molar-refractivity contribution in [1.82, 2.24) is 4.98 Å². The van der Waals surface area contributed by atoms with Gasteiger partial charge in [0, 0.05) is 12.3 Å². The van der Waals surface area contributed by atoms with Crippen LogP contribution in [0.2, 0.25) is 0 Å². The van der Waals surface area contributed by atoms with Gasteiger partial charge in [-0.15, -0.1) is 0 Å². The second-order valence-corrected chi connectivity index (χ2v) is 3.67. The van der Waals surface area contributed by atoms with Crippen molar-refractivity contribution in [2.24, 2.45) is 0 Å². The number of nitrogen functional groups attached to an aromatic ring is 1. The topological polar surface area (TPSA) is 57.4 Å². The van der Waals surface area contributed by atoms with E-state index in [0.717, 1.165) is 5.56 Å². The number of nitrogens with two attached hydrogens (primary N) is 1. The molecule has 1 aromatic heterocycles.